The molecule has 21 heavy (non-hydrogen) atoms. The van der Waals surface area contributed by atoms with Crippen LogP contribution in [0.2, 0.25) is 0 Å². The Morgan fingerprint density at radius 3 is 2.43 bits per heavy atom. The molecule has 0 bridgehead atoms. The van der Waals surface area contributed by atoms with Gasteiger partial charge in [-0.05, 0) is 31.0 Å². The van der Waals surface area contributed by atoms with E-state index < -0.39 is 31.5 Å². The zero-order valence-electron chi connectivity index (χ0n) is 11.9. The Morgan fingerprint density at radius 2 is 1.90 bits per heavy atom. The molecule has 9 heteroatoms. The number of benzene rings is 1. The van der Waals surface area contributed by atoms with Gasteiger partial charge in [0.15, 0.2) is 4.90 Å². The average molecular weight is 316 g/mol. The van der Waals surface area contributed by atoms with Crippen LogP contribution < -0.4 is 4.72 Å². The van der Waals surface area contributed by atoms with Crippen molar-refractivity contribution in [1.29, 1.82) is 0 Å². The van der Waals surface area contributed by atoms with Gasteiger partial charge in [-0.25, -0.2) is 13.1 Å². The van der Waals surface area contributed by atoms with E-state index in [1.54, 1.807) is 13.8 Å². The molecule has 0 radical (unpaired) electrons. The minimum absolute atomic E-state index is 0.158. The molecule has 0 aliphatic carbocycles. The molecule has 0 amide bonds. The van der Waals surface area contributed by atoms with Crippen molar-refractivity contribution in [3.63, 3.8) is 0 Å². The van der Waals surface area contributed by atoms with Crippen LogP contribution in [0, 0.1) is 24.0 Å². The number of carbonyl (C=O) groups excluding carboxylic acids is 1. The quantitative estimate of drug-likeness (QED) is 0.476. The first-order valence-corrected chi connectivity index (χ1v) is 7.49. The van der Waals surface area contributed by atoms with E-state index in [0.29, 0.717) is 11.1 Å². The van der Waals surface area contributed by atoms with Gasteiger partial charge in [-0.1, -0.05) is 0 Å². The summed E-state index contributed by atoms with van der Waals surface area (Å²) >= 11 is 0. The maximum atomic E-state index is 12.1. The van der Waals surface area contributed by atoms with Crippen LogP contribution >= 0.6 is 0 Å². The van der Waals surface area contributed by atoms with Gasteiger partial charge < -0.3 is 4.74 Å². The summed E-state index contributed by atoms with van der Waals surface area (Å²) in [6, 6.07) is 2.46. The van der Waals surface area contributed by atoms with Crippen molar-refractivity contribution in [2.45, 2.75) is 25.2 Å². The van der Waals surface area contributed by atoms with Gasteiger partial charge in [-0.15, -0.1) is 0 Å². The fourth-order valence-electron chi connectivity index (χ4n) is 1.60. The second-order valence-corrected chi connectivity index (χ2v) is 6.12. The number of carbonyl (C=O) groups is 1. The lowest BCUT2D eigenvalue weighted by Crippen LogP contribution is -2.27. The minimum atomic E-state index is -4.08. The number of hydrogen-bond donors (Lipinski definition) is 1. The third-order valence-electron chi connectivity index (χ3n) is 2.91. The zero-order chi connectivity index (χ0) is 16.2. The summed E-state index contributed by atoms with van der Waals surface area (Å²) in [5.74, 6) is -0.577. The highest BCUT2D eigenvalue weighted by molar-refractivity contribution is 7.89. The second-order valence-electron chi connectivity index (χ2n) is 4.39. The number of methoxy groups -OCH3 is 1. The number of aryl methyl sites for hydroxylation is 2. The fourth-order valence-corrected chi connectivity index (χ4v) is 2.87. The highest BCUT2D eigenvalue weighted by atomic mass is 32.2. The Kier molecular flexibility index (Phi) is 5.39. The topological polar surface area (TPSA) is 116 Å². The molecule has 8 nitrogen and oxygen atoms in total. The number of esters is 1. The molecule has 0 spiro atoms. The number of sulfonamides is 1. The summed E-state index contributed by atoms with van der Waals surface area (Å²) < 4.78 is 30.8. The first-order valence-electron chi connectivity index (χ1n) is 6.01. The maximum Gasteiger partial charge on any atom is 0.306 e. The predicted molar refractivity (Wildman–Crippen MR) is 74.4 cm³/mol. The van der Waals surface area contributed by atoms with Gasteiger partial charge in [-0.2, -0.15) is 0 Å². The molecule has 0 saturated carbocycles. The third-order valence-corrected chi connectivity index (χ3v) is 4.40. The van der Waals surface area contributed by atoms with Crippen LogP contribution in [0.5, 0.6) is 0 Å². The van der Waals surface area contributed by atoms with Crippen molar-refractivity contribution in [2.75, 3.05) is 13.7 Å². The van der Waals surface area contributed by atoms with Gasteiger partial charge in [0, 0.05) is 12.6 Å². The van der Waals surface area contributed by atoms with E-state index in [4.69, 9.17) is 0 Å². The SMILES string of the molecule is COC(=O)CCNS(=O)(=O)c1cc(C)c(C)cc1[N+](=O)[O-]. The normalized spacial score (nSPS) is 11.2. The van der Waals surface area contributed by atoms with Gasteiger partial charge in [0.1, 0.15) is 0 Å². The molecule has 0 fully saturated rings. The molecule has 0 aliphatic rings. The highest BCUT2D eigenvalue weighted by Crippen LogP contribution is 2.27. The minimum Gasteiger partial charge on any atom is -0.469 e. The largest absolute Gasteiger partial charge is 0.469 e. The molecule has 1 aromatic carbocycles. The summed E-state index contributed by atoms with van der Waals surface area (Å²) in [5, 5.41) is 11.0. The summed E-state index contributed by atoms with van der Waals surface area (Å²) in [5.41, 5.74) is 0.743. The van der Waals surface area contributed by atoms with Gasteiger partial charge in [0.25, 0.3) is 5.69 Å². The third kappa shape index (κ3) is 4.23. The number of nitrogens with zero attached hydrogens (tertiary/aromatic N) is 1. The lowest BCUT2D eigenvalue weighted by Gasteiger charge is -2.09. The van der Waals surface area contributed by atoms with Crippen LogP contribution in [0.15, 0.2) is 17.0 Å². The Labute approximate surface area is 122 Å². The molecule has 1 aromatic rings. The maximum absolute atomic E-state index is 12.1. The van der Waals surface area contributed by atoms with Crippen LogP contribution in [0.4, 0.5) is 5.69 Å². The van der Waals surface area contributed by atoms with E-state index in [1.807, 2.05) is 0 Å². The van der Waals surface area contributed by atoms with E-state index in [-0.39, 0.29) is 13.0 Å². The van der Waals surface area contributed by atoms with Crippen molar-refractivity contribution in [3.05, 3.63) is 33.4 Å². The summed E-state index contributed by atoms with van der Waals surface area (Å²) in [7, 11) is -2.89. The summed E-state index contributed by atoms with van der Waals surface area (Å²) in [6.07, 6.45) is -0.158. The second kappa shape index (κ2) is 6.64. The molecule has 1 N–H and O–H groups in total. The van der Waals surface area contributed by atoms with Gasteiger partial charge in [-0.3, -0.25) is 14.9 Å². The number of nitro groups is 1. The number of nitro benzene ring substituents is 1. The van der Waals surface area contributed by atoms with Crippen molar-refractivity contribution < 1.29 is 22.9 Å². The molecule has 0 atom stereocenters. The van der Waals surface area contributed by atoms with Gasteiger partial charge >= 0.3 is 5.97 Å². The predicted octanol–water partition coefficient (Wildman–Crippen LogP) is 1.05. The van der Waals surface area contributed by atoms with Crippen LogP contribution in [0.1, 0.15) is 17.5 Å². The van der Waals surface area contributed by atoms with Crippen LogP contribution in [-0.2, 0) is 19.6 Å². The van der Waals surface area contributed by atoms with Crippen LogP contribution in [-0.4, -0.2) is 33.0 Å². The van der Waals surface area contributed by atoms with Crippen molar-refractivity contribution in [2.24, 2.45) is 0 Å². The Bertz CT molecular complexity index is 669. The van der Waals surface area contributed by atoms with Crippen molar-refractivity contribution in [1.82, 2.24) is 4.72 Å². The molecular formula is C12H16N2O6S. The standard InChI is InChI=1S/C12H16N2O6S/c1-8-6-10(14(16)17)11(7-9(8)2)21(18,19)13-5-4-12(15)20-3/h6-7,13H,4-5H2,1-3H3. The molecule has 0 unspecified atom stereocenters. The van der Waals surface area contributed by atoms with E-state index in [1.165, 1.54) is 19.2 Å². The monoisotopic (exact) mass is 316 g/mol. The highest BCUT2D eigenvalue weighted by Gasteiger charge is 2.26. The first-order chi connectivity index (χ1) is 9.69. The van der Waals surface area contributed by atoms with Gasteiger partial charge in [0.05, 0.1) is 18.5 Å². The molecule has 0 heterocycles. The molecule has 0 aliphatic heterocycles. The summed E-state index contributed by atoms with van der Waals surface area (Å²) in [4.78, 5) is 20.8. The van der Waals surface area contributed by atoms with Crippen LogP contribution in [0.25, 0.3) is 0 Å². The molecule has 0 aromatic heterocycles. The lowest BCUT2D eigenvalue weighted by molar-refractivity contribution is -0.387. The van der Waals surface area contributed by atoms with Crippen molar-refractivity contribution in [3.8, 4) is 0 Å². The number of ether oxygens (including phenoxy) is 1. The summed E-state index contributed by atoms with van der Waals surface area (Å²) in [6.45, 7) is 3.12. The van der Waals surface area contributed by atoms with Gasteiger partial charge in [0.2, 0.25) is 10.0 Å². The number of hydrogen-bond acceptors (Lipinski definition) is 6. The van der Waals surface area contributed by atoms with E-state index >= 15 is 0 Å². The van der Waals surface area contributed by atoms with E-state index in [2.05, 4.69) is 9.46 Å². The Balaban J connectivity index is 3.10. The fraction of sp³-hybridized carbons (Fsp3) is 0.417. The zero-order valence-corrected chi connectivity index (χ0v) is 12.7. The first kappa shape index (κ1) is 17.1. The molecule has 1 rings (SSSR count). The van der Waals surface area contributed by atoms with Crippen molar-refractivity contribution >= 4 is 21.7 Å². The van der Waals surface area contributed by atoms with E-state index in [0.717, 1.165) is 0 Å². The molecular weight excluding hydrogens is 300 g/mol. The smallest absolute Gasteiger partial charge is 0.306 e. The van der Waals surface area contributed by atoms with E-state index in [9.17, 15) is 23.3 Å². The number of rotatable bonds is 6. The molecule has 0 saturated heterocycles. The number of nitrogens with one attached hydrogen (secondary N) is 1. The Hall–Kier alpha value is -2.00. The average Bonchev–Trinajstić information content (AvgIpc) is 2.40. The Morgan fingerprint density at radius 1 is 1.33 bits per heavy atom. The lowest BCUT2D eigenvalue weighted by atomic mass is 10.1. The molecule has 116 valence electrons. The van der Waals surface area contributed by atoms with Crippen LogP contribution in [0.3, 0.4) is 0 Å².